The molecular weight excluding hydrogens is 424 g/mol. The number of amides is 1. The van der Waals surface area contributed by atoms with Crippen LogP contribution in [0.15, 0.2) is 84.9 Å². The summed E-state index contributed by atoms with van der Waals surface area (Å²) in [6.45, 7) is 1.59. The highest BCUT2D eigenvalue weighted by Gasteiger charge is 2.24. The van der Waals surface area contributed by atoms with Gasteiger partial charge in [-0.3, -0.25) is 4.79 Å². The van der Waals surface area contributed by atoms with Gasteiger partial charge >= 0.3 is 0 Å². The number of nitrogens with zero attached hydrogens (tertiary/aromatic N) is 1. The van der Waals surface area contributed by atoms with E-state index in [0.717, 1.165) is 11.1 Å². The fraction of sp³-hybridized carbons (Fsp3) is 0.240. The zero-order valence-corrected chi connectivity index (χ0v) is 18.5. The summed E-state index contributed by atoms with van der Waals surface area (Å²) in [5, 5.41) is 3.11. The van der Waals surface area contributed by atoms with Crippen molar-refractivity contribution in [2.24, 2.45) is 0 Å². The normalized spacial score (nSPS) is 14.9. The molecular formula is C25H26N2O4S. The Morgan fingerprint density at radius 1 is 0.844 bits per heavy atom. The van der Waals surface area contributed by atoms with Gasteiger partial charge in [0, 0.05) is 18.7 Å². The largest absolute Gasteiger partial charge is 0.379 e. The molecule has 3 aromatic carbocycles. The third-order valence-corrected chi connectivity index (χ3v) is 7.32. The molecule has 166 valence electrons. The molecule has 1 heterocycles. The number of nitrogens with one attached hydrogen (secondary N) is 1. The number of hydrogen-bond donors (Lipinski definition) is 1. The second-order valence-electron chi connectivity index (χ2n) is 7.69. The first-order chi connectivity index (χ1) is 15.5. The van der Waals surface area contributed by atoms with E-state index in [0.29, 0.717) is 37.4 Å². The fourth-order valence-corrected chi connectivity index (χ4v) is 5.25. The summed E-state index contributed by atoms with van der Waals surface area (Å²) in [7, 11) is -3.41. The van der Waals surface area contributed by atoms with Crippen LogP contribution in [0.25, 0.3) is 0 Å². The molecule has 0 spiro atoms. The second kappa shape index (κ2) is 10.1. The lowest BCUT2D eigenvalue weighted by atomic mass is 9.98. The van der Waals surface area contributed by atoms with E-state index in [2.05, 4.69) is 5.32 Å². The summed E-state index contributed by atoms with van der Waals surface area (Å²) in [6.07, 6.45) is 0. The SMILES string of the molecule is O=C(NC(c1ccccc1)c1ccccc1)c1ccc(CS(=O)(=O)N2CCOCC2)cc1. The van der Waals surface area contributed by atoms with Crippen LogP contribution in [0, 0.1) is 0 Å². The van der Waals surface area contributed by atoms with Gasteiger partial charge in [0.05, 0.1) is 25.0 Å². The standard InChI is InChI=1S/C25H26N2O4S/c28-25(26-24(21-7-3-1-4-8-21)22-9-5-2-6-10-22)23-13-11-20(12-14-23)19-32(29,30)27-15-17-31-18-16-27/h1-14,24H,15-19H2,(H,26,28). The Morgan fingerprint density at radius 3 is 1.91 bits per heavy atom. The average Bonchev–Trinajstić information content (AvgIpc) is 2.84. The molecule has 0 saturated carbocycles. The van der Waals surface area contributed by atoms with E-state index in [1.165, 1.54) is 4.31 Å². The zero-order chi connectivity index (χ0) is 22.4. The molecule has 0 unspecified atom stereocenters. The first kappa shape index (κ1) is 22.2. The van der Waals surface area contributed by atoms with Gasteiger partial charge in [0.1, 0.15) is 0 Å². The number of ether oxygens (including phenoxy) is 1. The van der Waals surface area contributed by atoms with Crippen LogP contribution < -0.4 is 5.32 Å². The molecule has 32 heavy (non-hydrogen) atoms. The predicted octanol–water partition coefficient (Wildman–Crippen LogP) is 3.37. The Hall–Kier alpha value is -3.00. The Balaban J connectivity index is 1.48. The quantitative estimate of drug-likeness (QED) is 0.599. The van der Waals surface area contributed by atoms with Gasteiger partial charge in [-0.2, -0.15) is 4.31 Å². The Kier molecular flexibility index (Phi) is 6.99. The molecule has 0 bridgehead atoms. The lowest BCUT2D eigenvalue weighted by Crippen LogP contribution is -2.41. The van der Waals surface area contributed by atoms with Crippen LogP contribution in [-0.4, -0.2) is 44.9 Å². The van der Waals surface area contributed by atoms with Crippen LogP contribution in [0.2, 0.25) is 0 Å². The second-order valence-corrected chi connectivity index (χ2v) is 9.66. The maximum atomic E-state index is 13.0. The zero-order valence-electron chi connectivity index (χ0n) is 17.7. The number of rotatable bonds is 7. The minimum atomic E-state index is -3.41. The fourth-order valence-electron chi connectivity index (χ4n) is 3.74. The molecule has 1 saturated heterocycles. The minimum Gasteiger partial charge on any atom is -0.379 e. The molecule has 7 heteroatoms. The van der Waals surface area contributed by atoms with Crippen LogP contribution in [0.1, 0.15) is 33.1 Å². The maximum Gasteiger partial charge on any atom is 0.252 e. The highest BCUT2D eigenvalue weighted by Crippen LogP contribution is 2.22. The number of carbonyl (C=O) groups is 1. The van der Waals surface area contributed by atoms with Crippen molar-refractivity contribution in [3.05, 3.63) is 107 Å². The van der Waals surface area contributed by atoms with E-state index in [1.54, 1.807) is 24.3 Å². The Labute approximate surface area is 188 Å². The number of morpholine rings is 1. The summed E-state index contributed by atoms with van der Waals surface area (Å²) in [5.41, 5.74) is 3.10. The predicted molar refractivity (Wildman–Crippen MR) is 124 cm³/mol. The molecule has 3 aromatic rings. The van der Waals surface area contributed by atoms with Crippen molar-refractivity contribution in [3.63, 3.8) is 0 Å². The van der Waals surface area contributed by atoms with Crippen LogP contribution >= 0.6 is 0 Å². The summed E-state index contributed by atoms with van der Waals surface area (Å²) in [4.78, 5) is 13.0. The van der Waals surface area contributed by atoms with Gasteiger partial charge in [0.15, 0.2) is 0 Å². The maximum absolute atomic E-state index is 13.0. The molecule has 1 aliphatic heterocycles. The van der Waals surface area contributed by atoms with E-state index in [-0.39, 0.29) is 17.7 Å². The number of carbonyl (C=O) groups excluding carboxylic acids is 1. The summed E-state index contributed by atoms with van der Waals surface area (Å²) < 4.78 is 31.9. The van der Waals surface area contributed by atoms with Crippen molar-refractivity contribution < 1.29 is 17.9 Å². The summed E-state index contributed by atoms with van der Waals surface area (Å²) >= 11 is 0. The van der Waals surface area contributed by atoms with Gasteiger partial charge in [-0.15, -0.1) is 0 Å². The third kappa shape index (κ3) is 5.43. The van der Waals surface area contributed by atoms with Crippen molar-refractivity contribution in [2.45, 2.75) is 11.8 Å². The van der Waals surface area contributed by atoms with Crippen LogP contribution in [0.4, 0.5) is 0 Å². The van der Waals surface area contributed by atoms with Crippen LogP contribution in [0.3, 0.4) is 0 Å². The molecule has 6 nitrogen and oxygen atoms in total. The van der Waals surface area contributed by atoms with Crippen molar-refractivity contribution in [3.8, 4) is 0 Å². The van der Waals surface area contributed by atoms with E-state index >= 15 is 0 Å². The van der Waals surface area contributed by atoms with Crippen molar-refractivity contribution in [1.82, 2.24) is 9.62 Å². The van der Waals surface area contributed by atoms with Crippen molar-refractivity contribution >= 4 is 15.9 Å². The lowest BCUT2D eigenvalue weighted by molar-refractivity contribution is 0.0729. The number of benzene rings is 3. The van der Waals surface area contributed by atoms with E-state index in [4.69, 9.17) is 4.74 Å². The smallest absolute Gasteiger partial charge is 0.252 e. The van der Waals surface area contributed by atoms with E-state index in [9.17, 15) is 13.2 Å². The van der Waals surface area contributed by atoms with Crippen LogP contribution in [0.5, 0.6) is 0 Å². The van der Waals surface area contributed by atoms with Gasteiger partial charge in [-0.05, 0) is 28.8 Å². The number of hydrogen-bond acceptors (Lipinski definition) is 4. The highest BCUT2D eigenvalue weighted by atomic mass is 32.2. The molecule has 0 atom stereocenters. The average molecular weight is 451 g/mol. The number of sulfonamides is 1. The summed E-state index contributed by atoms with van der Waals surface area (Å²) in [6, 6.07) is 26.1. The first-order valence-corrected chi connectivity index (χ1v) is 12.2. The molecule has 0 aliphatic carbocycles. The lowest BCUT2D eigenvalue weighted by Gasteiger charge is -2.26. The van der Waals surface area contributed by atoms with Gasteiger partial charge < -0.3 is 10.1 Å². The van der Waals surface area contributed by atoms with Crippen LogP contribution in [-0.2, 0) is 20.5 Å². The molecule has 1 aliphatic rings. The van der Waals surface area contributed by atoms with Gasteiger partial charge in [0.25, 0.3) is 5.91 Å². The highest BCUT2D eigenvalue weighted by molar-refractivity contribution is 7.88. The summed E-state index contributed by atoms with van der Waals surface area (Å²) in [5.74, 6) is -0.309. The van der Waals surface area contributed by atoms with E-state index < -0.39 is 10.0 Å². The van der Waals surface area contributed by atoms with E-state index in [1.807, 2.05) is 60.7 Å². The Morgan fingerprint density at radius 2 is 1.38 bits per heavy atom. The Bertz CT molecular complexity index is 1090. The topological polar surface area (TPSA) is 75.7 Å². The molecule has 0 aromatic heterocycles. The minimum absolute atomic E-state index is 0.0917. The molecule has 0 radical (unpaired) electrons. The van der Waals surface area contributed by atoms with Gasteiger partial charge in [-0.25, -0.2) is 8.42 Å². The van der Waals surface area contributed by atoms with Gasteiger partial charge in [-0.1, -0.05) is 72.8 Å². The third-order valence-electron chi connectivity index (χ3n) is 5.47. The van der Waals surface area contributed by atoms with Gasteiger partial charge in [0.2, 0.25) is 10.0 Å². The molecule has 1 N–H and O–H groups in total. The van der Waals surface area contributed by atoms with Crippen molar-refractivity contribution in [2.75, 3.05) is 26.3 Å². The van der Waals surface area contributed by atoms with Crippen molar-refractivity contribution in [1.29, 1.82) is 0 Å². The first-order valence-electron chi connectivity index (χ1n) is 10.6. The molecule has 1 fully saturated rings. The monoisotopic (exact) mass is 450 g/mol. The molecule has 4 rings (SSSR count). The molecule has 1 amide bonds.